The van der Waals surface area contributed by atoms with Crippen LogP contribution in [0.3, 0.4) is 0 Å². The number of pyridine rings is 1. The molecule has 1 aliphatic carbocycles. The number of carbonyl (C=O) groups is 2. The average molecular weight is 461 g/mol. The van der Waals surface area contributed by atoms with Crippen LogP contribution in [0.2, 0.25) is 0 Å². The van der Waals surface area contributed by atoms with Gasteiger partial charge in [-0.05, 0) is 73.9 Å². The molecule has 0 N–H and O–H groups in total. The summed E-state index contributed by atoms with van der Waals surface area (Å²) in [5.41, 5.74) is 6.80. The lowest BCUT2D eigenvalue weighted by Crippen LogP contribution is -2.31. The Kier molecular flexibility index (Phi) is 6.75. The number of benzene rings is 1. The number of ether oxygens (including phenoxy) is 2. The number of hydrogen-bond donors (Lipinski definition) is 0. The third kappa shape index (κ3) is 4.70. The SMILES string of the molecule is CCOC(=O)C1=CC=C=CC2=C1CN(C(C)c1cc(C)c(OCc3ccc(F)cc3)cn1)C2=O. The van der Waals surface area contributed by atoms with Crippen LogP contribution >= 0.6 is 0 Å². The normalized spacial score (nSPS) is 15.7. The summed E-state index contributed by atoms with van der Waals surface area (Å²) >= 11 is 0. The first-order chi connectivity index (χ1) is 16.4. The number of carbonyl (C=O) groups excluding carboxylic acids is 2. The first-order valence-electron chi connectivity index (χ1n) is 11.1. The summed E-state index contributed by atoms with van der Waals surface area (Å²) in [7, 11) is 0. The Morgan fingerprint density at radius 1 is 1.29 bits per heavy atom. The van der Waals surface area contributed by atoms with E-state index in [1.165, 1.54) is 12.1 Å². The lowest BCUT2D eigenvalue weighted by Gasteiger charge is -2.25. The standard InChI is InChI=1S/C27H25FN2O4/c1-4-33-27(32)22-8-6-5-7-21-23(22)15-30(26(21)31)18(3)24-13-17(2)25(14-29-24)34-16-19-9-11-20(28)12-10-19/h6-14,18H,4,15-16H2,1-3H3. The maximum atomic E-state index is 13.2. The van der Waals surface area contributed by atoms with Crippen LogP contribution < -0.4 is 4.74 Å². The van der Waals surface area contributed by atoms with Gasteiger partial charge in [0, 0.05) is 6.54 Å². The summed E-state index contributed by atoms with van der Waals surface area (Å²) < 4.78 is 24.1. The second-order valence-electron chi connectivity index (χ2n) is 8.07. The van der Waals surface area contributed by atoms with Crippen molar-refractivity contribution in [3.8, 4) is 5.75 Å². The van der Waals surface area contributed by atoms with Crippen molar-refractivity contribution in [1.82, 2.24) is 9.88 Å². The minimum atomic E-state index is -0.456. The molecule has 0 radical (unpaired) electrons. The van der Waals surface area contributed by atoms with Gasteiger partial charge >= 0.3 is 5.97 Å². The predicted molar refractivity (Wildman–Crippen MR) is 124 cm³/mol. The van der Waals surface area contributed by atoms with Gasteiger partial charge in [-0.3, -0.25) is 9.78 Å². The molecule has 174 valence electrons. The predicted octanol–water partition coefficient (Wildman–Crippen LogP) is 4.52. The maximum absolute atomic E-state index is 13.2. The van der Waals surface area contributed by atoms with Gasteiger partial charge in [-0.1, -0.05) is 12.1 Å². The lowest BCUT2D eigenvalue weighted by atomic mass is 10.0. The quantitative estimate of drug-likeness (QED) is 0.449. The fourth-order valence-electron chi connectivity index (χ4n) is 3.91. The fourth-order valence-corrected chi connectivity index (χ4v) is 3.91. The van der Waals surface area contributed by atoms with Crippen LogP contribution in [0.5, 0.6) is 5.75 Å². The zero-order valence-corrected chi connectivity index (χ0v) is 19.3. The Morgan fingerprint density at radius 3 is 2.76 bits per heavy atom. The topological polar surface area (TPSA) is 68.7 Å². The van der Waals surface area contributed by atoms with E-state index in [1.54, 1.807) is 48.4 Å². The number of rotatable bonds is 7. The fraction of sp³-hybridized carbons (Fsp3) is 0.259. The highest BCUT2D eigenvalue weighted by Crippen LogP contribution is 2.34. The van der Waals surface area contributed by atoms with Crippen LogP contribution in [0.15, 0.2) is 77.2 Å². The highest BCUT2D eigenvalue weighted by atomic mass is 19.1. The van der Waals surface area contributed by atoms with Crippen LogP contribution in [0.1, 0.15) is 36.7 Å². The minimum absolute atomic E-state index is 0.184. The molecule has 1 aromatic carbocycles. The molecule has 0 bridgehead atoms. The minimum Gasteiger partial charge on any atom is -0.487 e. The zero-order chi connectivity index (χ0) is 24.2. The summed E-state index contributed by atoms with van der Waals surface area (Å²) in [4.78, 5) is 31.9. The van der Waals surface area contributed by atoms with Gasteiger partial charge in [0.05, 0.1) is 35.7 Å². The monoisotopic (exact) mass is 460 g/mol. The number of halogens is 1. The van der Waals surface area contributed by atoms with E-state index in [0.717, 1.165) is 11.1 Å². The van der Waals surface area contributed by atoms with Gasteiger partial charge in [0.1, 0.15) is 18.2 Å². The van der Waals surface area contributed by atoms with Crippen molar-refractivity contribution < 1.29 is 23.5 Å². The molecular formula is C27H25FN2O4. The Morgan fingerprint density at radius 2 is 2.06 bits per heavy atom. The van der Waals surface area contributed by atoms with Gasteiger partial charge in [0.25, 0.3) is 5.91 Å². The maximum Gasteiger partial charge on any atom is 0.338 e. The van der Waals surface area contributed by atoms with Crippen LogP contribution in [0, 0.1) is 12.7 Å². The second-order valence-corrected chi connectivity index (χ2v) is 8.07. The summed E-state index contributed by atoms with van der Waals surface area (Å²) in [5, 5.41) is 0. The first-order valence-corrected chi connectivity index (χ1v) is 11.1. The van der Waals surface area contributed by atoms with Gasteiger partial charge in [0.15, 0.2) is 0 Å². The van der Waals surface area contributed by atoms with Crippen LogP contribution in [-0.4, -0.2) is 34.9 Å². The molecule has 0 fully saturated rings. The summed E-state index contributed by atoms with van der Waals surface area (Å²) in [6.45, 7) is 6.37. The molecule has 1 aliphatic heterocycles. The van der Waals surface area contributed by atoms with Gasteiger partial charge in [-0.15, -0.1) is 5.73 Å². The number of nitrogens with zero attached hydrogens (tertiary/aromatic N) is 2. The van der Waals surface area contributed by atoms with Gasteiger partial charge in [-0.25, -0.2) is 9.18 Å². The molecular weight excluding hydrogens is 435 g/mol. The van der Waals surface area contributed by atoms with E-state index in [4.69, 9.17) is 9.47 Å². The second kappa shape index (κ2) is 9.89. The molecule has 1 aromatic heterocycles. The molecule has 2 heterocycles. The molecule has 2 aromatic rings. The highest BCUT2D eigenvalue weighted by molar-refractivity contribution is 6.06. The van der Waals surface area contributed by atoms with E-state index in [9.17, 15) is 14.0 Å². The molecule has 0 spiro atoms. The molecule has 34 heavy (non-hydrogen) atoms. The number of hydrogen-bond acceptors (Lipinski definition) is 5. The van der Waals surface area contributed by atoms with Crippen molar-refractivity contribution in [3.63, 3.8) is 0 Å². The Bertz CT molecular complexity index is 1250. The third-order valence-electron chi connectivity index (χ3n) is 5.83. The molecule has 0 saturated carbocycles. The van der Waals surface area contributed by atoms with E-state index in [1.807, 2.05) is 19.9 Å². The van der Waals surface area contributed by atoms with Crippen molar-refractivity contribution in [2.24, 2.45) is 0 Å². The van der Waals surface area contributed by atoms with E-state index < -0.39 is 5.97 Å². The van der Waals surface area contributed by atoms with Gasteiger partial charge in [0.2, 0.25) is 0 Å². The Labute approximate surface area is 197 Å². The molecule has 2 aliphatic rings. The number of aromatic nitrogens is 1. The summed E-state index contributed by atoms with van der Waals surface area (Å²) in [6, 6.07) is 7.69. The molecule has 4 rings (SSSR count). The number of amides is 1. The van der Waals surface area contributed by atoms with Crippen LogP contribution in [-0.2, 0) is 20.9 Å². The van der Waals surface area contributed by atoms with E-state index in [2.05, 4.69) is 10.7 Å². The van der Waals surface area contributed by atoms with Crippen LogP contribution in [0.4, 0.5) is 4.39 Å². The summed E-state index contributed by atoms with van der Waals surface area (Å²) in [5.74, 6) is -0.319. The molecule has 0 saturated heterocycles. The van der Waals surface area contributed by atoms with Crippen molar-refractivity contribution in [3.05, 3.63) is 99.8 Å². The highest BCUT2D eigenvalue weighted by Gasteiger charge is 2.36. The van der Waals surface area contributed by atoms with Crippen molar-refractivity contribution >= 4 is 11.9 Å². The smallest absolute Gasteiger partial charge is 0.338 e. The molecule has 1 unspecified atom stereocenters. The first kappa shape index (κ1) is 23.2. The lowest BCUT2D eigenvalue weighted by molar-refractivity contribution is -0.138. The Balaban J connectivity index is 1.49. The van der Waals surface area contributed by atoms with Crippen LogP contribution in [0.25, 0.3) is 0 Å². The molecule has 7 heteroatoms. The summed E-state index contributed by atoms with van der Waals surface area (Å²) in [6.07, 6.45) is 6.49. The Hall–Kier alpha value is -3.96. The number of aryl methyl sites for hydroxylation is 1. The van der Waals surface area contributed by atoms with E-state index in [-0.39, 0.29) is 30.9 Å². The average Bonchev–Trinajstić information content (AvgIpc) is 3.00. The van der Waals surface area contributed by atoms with Crippen molar-refractivity contribution in [2.75, 3.05) is 13.2 Å². The van der Waals surface area contributed by atoms with Gasteiger partial charge < -0.3 is 14.4 Å². The zero-order valence-electron chi connectivity index (χ0n) is 19.3. The largest absolute Gasteiger partial charge is 0.487 e. The van der Waals surface area contributed by atoms with Crippen molar-refractivity contribution in [2.45, 2.75) is 33.4 Å². The van der Waals surface area contributed by atoms with Gasteiger partial charge in [-0.2, -0.15) is 0 Å². The molecule has 6 nitrogen and oxygen atoms in total. The van der Waals surface area contributed by atoms with E-state index in [0.29, 0.717) is 34.8 Å². The van der Waals surface area contributed by atoms with Crippen molar-refractivity contribution in [1.29, 1.82) is 0 Å². The molecule has 1 atom stereocenters. The third-order valence-corrected chi connectivity index (χ3v) is 5.83. The number of allylic oxidation sites excluding steroid dienone is 1. The molecule has 1 amide bonds. The number of esters is 1. The van der Waals surface area contributed by atoms with E-state index >= 15 is 0 Å².